The number of piperidine rings is 1. The first-order valence-electron chi connectivity index (χ1n) is 10.5. The summed E-state index contributed by atoms with van der Waals surface area (Å²) in [6, 6.07) is 14.1. The van der Waals surface area contributed by atoms with E-state index in [-0.39, 0.29) is 0 Å². The number of nitrogens with one attached hydrogen (secondary N) is 2. The second-order valence-electron chi connectivity index (χ2n) is 7.36. The van der Waals surface area contributed by atoms with Crippen LogP contribution in [0.25, 0.3) is 11.5 Å². The van der Waals surface area contributed by atoms with Crippen LogP contribution in [0.3, 0.4) is 0 Å². The Kier molecular flexibility index (Phi) is 6.59. The number of hydrogen-bond donors (Lipinski definition) is 2. The van der Waals surface area contributed by atoms with Gasteiger partial charge in [0.2, 0.25) is 5.89 Å². The van der Waals surface area contributed by atoms with Crippen molar-refractivity contribution in [3.8, 4) is 11.5 Å². The van der Waals surface area contributed by atoms with Crippen molar-refractivity contribution in [2.75, 3.05) is 25.0 Å². The molecule has 3 heterocycles. The molecule has 0 radical (unpaired) electrons. The number of guanidine groups is 1. The number of oxazole rings is 1. The smallest absolute Gasteiger partial charge is 0.226 e. The average molecular weight is 405 g/mol. The van der Waals surface area contributed by atoms with E-state index in [1.807, 2.05) is 42.6 Å². The van der Waals surface area contributed by atoms with Gasteiger partial charge >= 0.3 is 0 Å². The second kappa shape index (κ2) is 9.91. The van der Waals surface area contributed by atoms with Crippen molar-refractivity contribution in [2.45, 2.75) is 32.4 Å². The van der Waals surface area contributed by atoms with E-state index in [1.165, 1.54) is 24.8 Å². The molecule has 0 aliphatic carbocycles. The lowest BCUT2D eigenvalue weighted by molar-refractivity contribution is 0.572. The van der Waals surface area contributed by atoms with Crippen LogP contribution < -0.4 is 15.5 Å². The van der Waals surface area contributed by atoms with E-state index in [0.717, 1.165) is 36.1 Å². The van der Waals surface area contributed by atoms with Crippen molar-refractivity contribution in [1.29, 1.82) is 0 Å². The van der Waals surface area contributed by atoms with Crippen LogP contribution in [0.1, 0.15) is 30.5 Å². The third kappa shape index (κ3) is 5.17. The summed E-state index contributed by atoms with van der Waals surface area (Å²) in [6.07, 6.45) is 7.37. The van der Waals surface area contributed by atoms with Crippen LogP contribution in [0.4, 0.5) is 5.82 Å². The summed E-state index contributed by atoms with van der Waals surface area (Å²) in [5, 5.41) is 6.65. The van der Waals surface area contributed by atoms with Crippen molar-refractivity contribution < 1.29 is 4.42 Å². The van der Waals surface area contributed by atoms with Gasteiger partial charge in [-0.25, -0.2) is 9.97 Å². The zero-order chi connectivity index (χ0) is 20.6. The Morgan fingerprint density at radius 1 is 1.07 bits per heavy atom. The number of benzene rings is 1. The Labute approximate surface area is 177 Å². The zero-order valence-corrected chi connectivity index (χ0v) is 17.3. The van der Waals surface area contributed by atoms with Crippen molar-refractivity contribution in [3.05, 3.63) is 66.2 Å². The number of aromatic nitrogens is 2. The summed E-state index contributed by atoms with van der Waals surface area (Å²) in [5.74, 6) is 2.40. The van der Waals surface area contributed by atoms with Crippen LogP contribution in [0.5, 0.6) is 0 Å². The monoisotopic (exact) mass is 404 g/mol. The van der Waals surface area contributed by atoms with Gasteiger partial charge in [0.05, 0.1) is 12.2 Å². The molecule has 2 N–H and O–H groups in total. The van der Waals surface area contributed by atoms with Gasteiger partial charge in [0.25, 0.3) is 0 Å². The highest BCUT2D eigenvalue weighted by atomic mass is 16.3. The Bertz CT molecular complexity index is 963. The van der Waals surface area contributed by atoms with E-state index < -0.39 is 0 Å². The van der Waals surface area contributed by atoms with Gasteiger partial charge in [-0.2, -0.15) is 0 Å². The highest BCUT2D eigenvalue weighted by molar-refractivity contribution is 5.79. The molecule has 4 rings (SSSR count). The fourth-order valence-corrected chi connectivity index (χ4v) is 3.55. The first-order valence-corrected chi connectivity index (χ1v) is 10.5. The Morgan fingerprint density at radius 3 is 2.67 bits per heavy atom. The minimum absolute atomic E-state index is 0.533. The minimum Gasteiger partial charge on any atom is -0.444 e. The highest BCUT2D eigenvalue weighted by Gasteiger charge is 2.12. The van der Waals surface area contributed by atoms with Gasteiger partial charge < -0.3 is 20.0 Å². The molecule has 0 bridgehead atoms. The predicted octanol–water partition coefficient (Wildman–Crippen LogP) is 3.59. The average Bonchev–Trinajstić information content (AvgIpc) is 3.30. The molecule has 3 aromatic rings. The predicted molar refractivity (Wildman–Crippen MR) is 119 cm³/mol. The third-order valence-corrected chi connectivity index (χ3v) is 5.18. The molecule has 1 aliphatic heterocycles. The molecule has 1 saturated heterocycles. The van der Waals surface area contributed by atoms with Crippen molar-refractivity contribution in [1.82, 2.24) is 20.6 Å². The van der Waals surface area contributed by atoms with Gasteiger partial charge in [0, 0.05) is 38.4 Å². The zero-order valence-electron chi connectivity index (χ0n) is 17.3. The number of anilines is 1. The first kappa shape index (κ1) is 19.9. The molecule has 0 amide bonds. The molecule has 1 aromatic carbocycles. The fourth-order valence-electron chi connectivity index (χ4n) is 3.55. The minimum atomic E-state index is 0.533. The number of hydrogen-bond acceptors (Lipinski definition) is 5. The Hall–Kier alpha value is -3.35. The second-order valence-corrected chi connectivity index (χ2v) is 7.36. The maximum absolute atomic E-state index is 5.59. The maximum Gasteiger partial charge on any atom is 0.226 e. The lowest BCUT2D eigenvalue weighted by Crippen LogP contribution is -2.36. The van der Waals surface area contributed by atoms with Crippen LogP contribution in [-0.4, -0.2) is 36.1 Å². The van der Waals surface area contributed by atoms with Crippen LogP contribution in [-0.2, 0) is 13.1 Å². The van der Waals surface area contributed by atoms with Gasteiger partial charge in [-0.3, -0.25) is 4.99 Å². The van der Waals surface area contributed by atoms with Crippen LogP contribution >= 0.6 is 0 Å². The number of aliphatic imine (C=N–C) groups is 1. The summed E-state index contributed by atoms with van der Waals surface area (Å²) in [4.78, 5) is 15.8. The van der Waals surface area contributed by atoms with Gasteiger partial charge in [-0.05, 0) is 49.1 Å². The van der Waals surface area contributed by atoms with Crippen molar-refractivity contribution in [3.63, 3.8) is 0 Å². The number of rotatable bonds is 6. The van der Waals surface area contributed by atoms with Gasteiger partial charge in [-0.15, -0.1) is 0 Å². The molecule has 1 aliphatic rings. The molecule has 1 fully saturated rings. The summed E-state index contributed by atoms with van der Waals surface area (Å²) >= 11 is 0. The van der Waals surface area contributed by atoms with E-state index in [0.29, 0.717) is 19.0 Å². The normalized spacial score (nSPS) is 14.6. The van der Waals surface area contributed by atoms with Crippen molar-refractivity contribution in [2.24, 2.45) is 4.99 Å². The molecule has 0 spiro atoms. The van der Waals surface area contributed by atoms with Crippen LogP contribution in [0, 0.1) is 0 Å². The van der Waals surface area contributed by atoms with Crippen LogP contribution in [0.15, 0.2) is 64.3 Å². The third-order valence-electron chi connectivity index (χ3n) is 5.18. The molecule has 0 saturated carbocycles. The summed E-state index contributed by atoms with van der Waals surface area (Å²) < 4.78 is 5.59. The van der Waals surface area contributed by atoms with Crippen LogP contribution in [0.2, 0.25) is 0 Å². The standard InChI is InChI=1S/C23H28N6O/c1-24-23(27-16-20-17-30-22(28-20)19-8-4-2-5-9-19)26-15-18-10-11-25-21(14-18)29-12-6-3-7-13-29/h2,4-5,8-11,14,17H,3,6-7,12-13,15-16H2,1H3,(H2,24,26,27). The molecule has 0 unspecified atom stereocenters. The molecular weight excluding hydrogens is 376 g/mol. The SMILES string of the molecule is CN=C(NCc1ccnc(N2CCCCC2)c1)NCc1coc(-c2ccccc2)n1. The summed E-state index contributed by atoms with van der Waals surface area (Å²) in [7, 11) is 1.76. The van der Waals surface area contributed by atoms with E-state index >= 15 is 0 Å². The van der Waals surface area contributed by atoms with E-state index in [2.05, 4.69) is 36.6 Å². The quantitative estimate of drug-likeness (QED) is 0.483. The van der Waals surface area contributed by atoms with E-state index in [9.17, 15) is 0 Å². The molecule has 7 heteroatoms. The molecule has 7 nitrogen and oxygen atoms in total. The molecular formula is C23H28N6O. The van der Waals surface area contributed by atoms with E-state index in [4.69, 9.17) is 4.42 Å². The Balaban J connectivity index is 1.30. The van der Waals surface area contributed by atoms with Gasteiger partial charge in [0.1, 0.15) is 12.1 Å². The lowest BCUT2D eigenvalue weighted by atomic mass is 10.1. The Morgan fingerprint density at radius 2 is 1.87 bits per heavy atom. The van der Waals surface area contributed by atoms with E-state index in [1.54, 1.807) is 13.3 Å². The van der Waals surface area contributed by atoms with Gasteiger partial charge in [0.15, 0.2) is 5.96 Å². The topological polar surface area (TPSA) is 78.6 Å². The highest BCUT2D eigenvalue weighted by Crippen LogP contribution is 2.19. The largest absolute Gasteiger partial charge is 0.444 e. The first-order chi connectivity index (χ1) is 14.8. The van der Waals surface area contributed by atoms with Gasteiger partial charge in [-0.1, -0.05) is 18.2 Å². The summed E-state index contributed by atoms with van der Waals surface area (Å²) in [5.41, 5.74) is 2.97. The number of nitrogens with zero attached hydrogens (tertiary/aromatic N) is 4. The molecule has 30 heavy (non-hydrogen) atoms. The number of pyridine rings is 1. The van der Waals surface area contributed by atoms with Crippen molar-refractivity contribution >= 4 is 11.8 Å². The molecule has 2 aromatic heterocycles. The maximum atomic E-state index is 5.59. The summed E-state index contributed by atoms with van der Waals surface area (Å²) in [6.45, 7) is 3.40. The molecule has 156 valence electrons. The lowest BCUT2D eigenvalue weighted by Gasteiger charge is -2.28. The molecule has 0 atom stereocenters. The fraction of sp³-hybridized carbons (Fsp3) is 0.348.